The van der Waals surface area contributed by atoms with Crippen molar-refractivity contribution in [2.45, 2.75) is 405 Å². The van der Waals surface area contributed by atoms with Crippen LogP contribution in [0.5, 0.6) is 0 Å². The molecule has 0 spiro atoms. The van der Waals surface area contributed by atoms with Crippen molar-refractivity contribution in [3.05, 3.63) is 85.1 Å². The molecule has 1 N–H and O–H groups in total. The molecule has 0 aliphatic rings. The van der Waals surface area contributed by atoms with Gasteiger partial charge < -0.3 is 14.6 Å². The number of ether oxygens (including phenoxy) is 2. The molecular weight excluding hydrogens is 1050 g/mol. The topological polar surface area (TPSA) is 72.8 Å². The highest BCUT2D eigenvalue weighted by Gasteiger charge is 2.16. The van der Waals surface area contributed by atoms with E-state index in [0.717, 1.165) is 77.0 Å². The third kappa shape index (κ3) is 73.5. The maximum Gasteiger partial charge on any atom is 0.306 e. The second-order valence-corrected chi connectivity index (χ2v) is 25.7. The lowest BCUT2D eigenvalue weighted by Gasteiger charge is -2.15. The largest absolute Gasteiger partial charge is 0.462 e. The van der Waals surface area contributed by atoms with Crippen molar-refractivity contribution >= 4 is 11.9 Å². The Morgan fingerprint density at radius 1 is 0.279 bits per heavy atom. The summed E-state index contributed by atoms with van der Waals surface area (Å²) < 4.78 is 10.8. The van der Waals surface area contributed by atoms with Gasteiger partial charge >= 0.3 is 11.9 Å². The first-order valence-corrected chi connectivity index (χ1v) is 38.1. The number of hydrogen-bond acceptors (Lipinski definition) is 5. The number of hydrogen-bond donors (Lipinski definition) is 1. The van der Waals surface area contributed by atoms with Crippen molar-refractivity contribution in [1.29, 1.82) is 0 Å². The van der Waals surface area contributed by atoms with Gasteiger partial charge in [0.05, 0.1) is 6.61 Å². The number of carbonyl (C=O) groups excluding carboxylic acids is 2. The number of aliphatic hydroxyl groups is 1. The Morgan fingerprint density at radius 3 is 0.756 bits per heavy atom. The summed E-state index contributed by atoms with van der Waals surface area (Å²) in [5, 5.41) is 9.72. The van der Waals surface area contributed by atoms with Crippen molar-refractivity contribution in [2.75, 3.05) is 13.2 Å². The summed E-state index contributed by atoms with van der Waals surface area (Å²) >= 11 is 0. The third-order valence-corrected chi connectivity index (χ3v) is 17.2. The van der Waals surface area contributed by atoms with Gasteiger partial charge in [-0.3, -0.25) is 9.59 Å². The van der Waals surface area contributed by atoms with Crippen LogP contribution in [0.2, 0.25) is 0 Å². The minimum Gasteiger partial charge on any atom is -0.462 e. The average Bonchev–Trinajstić information content (AvgIpc) is 3.53. The maximum absolute atomic E-state index is 12.4. The van der Waals surface area contributed by atoms with Gasteiger partial charge in [-0.05, 0) is 89.9 Å². The predicted molar refractivity (Wildman–Crippen MR) is 380 cm³/mol. The molecule has 0 aliphatic carbocycles. The third-order valence-electron chi connectivity index (χ3n) is 17.2. The van der Waals surface area contributed by atoms with Gasteiger partial charge in [-0.2, -0.15) is 0 Å². The Hall–Kier alpha value is -2.92. The van der Waals surface area contributed by atoms with Crippen molar-refractivity contribution in [2.24, 2.45) is 0 Å². The first-order valence-electron chi connectivity index (χ1n) is 38.1. The summed E-state index contributed by atoms with van der Waals surface area (Å²) in [6.45, 7) is 4.07. The van der Waals surface area contributed by atoms with Crippen LogP contribution in [0.1, 0.15) is 399 Å². The zero-order valence-corrected chi connectivity index (χ0v) is 57.6. The Balaban J connectivity index is 3.39. The van der Waals surface area contributed by atoms with E-state index in [4.69, 9.17) is 9.47 Å². The number of aliphatic hydroxyl groups excluding tert-OH is 1. The van der Waals surface area contributed by atoms with E-state index in [1.807, 2.05) is 0 Å². The molecule has 0 radical (unpaired) electrons. The molecule has 0 saturated carbocycles. The molecule has 0 amide bonds. The van der Waals surface area contributed by atoms with E-state index < -0.39 is 6.10 Å². The first kappa shape index (κ1) is 83.1. The van der Waals surface area contributed by atoms with Crippen LogP contribution < -0.4 is 0 Å². The molecule has 0 bridgehead atoms. The molecule has 0 aromatic heterocycles. The summed E-state index contributed by atoms with van der Waals surface area (Å²) in [5.41, 5.74) is 0. The molecule has 1 unspecified atom stereocenters. The van der Waals surface area contributed by atoms with Crippen LogP contribution >= 0.6 is 0 Å². The molecule has 500 valence electrons. The van der Waals surface area contributed by atoms with E-state index in [0.29, 0.717) is 12.8 Å². The van der Waals surface area contributed by atoms with Crippen molar-refractivity contribution in [1.82, 2.24) is 0 Å². The molecule has 0 aliphatic heterocycles. The molecular formula is C81H146O5. The molecule has 1 atom stereocenters. The summed E-state index contributed by atoms with van der Waals surface area (Å²) in [6, 6.07) is 0. The Labute approximate surface area is 536 Å². The SMILES string of the molecule is CC/C=C\C/C=C\C/C=C\C/C=C\C/C=C\CCCCCCCCCCCCCCCCCCCCCCCC(=O)OC(CO)COC(=O)CCCCCCCCCCCCCCCCCCCCCCCCC/C=C\C/C=C\CCCCCCC. The van der Waals surface area contributed by atoms with Crippen molar-refractivity contribution in [3.63, 3.8) is 0 Å². The molecule has 0 aromatic carbocycles. The van der Waals surface area contributed by atoms with E-state index in [-0.39, 0.29) is 25.2 Å². The van der Waals surface area contributed by atoms with Crippen LogP contribution in [0.4, 0.5) is 0 Å². The molecule has 0 rings (SSSR count). The van der Waals surface area contributed by atoms with Crippen LogP contribution in [0.25, 0.3) is 0 Å². The summed E-state index contributed by atoms with van der Waals surface area (Å²) in [6.07, 6.45) is 108. The van der Waals surface area contributed by atoms with Crippen LogP contribution in [0.15, 0.2) is 85.1 Å². The second kappa shape index (κ2) is 76.3. The second-order valence-electron chi connectivity index (χ2n) is 25.7. The van der Waals surface area contributed by atoms with Crippen molar-refractivity contribution in [3.8, 4) is 0 Å². The standard InChI is InChI=1S/C81H146O5/c1-3-5-7-9-11-13-15-17-19-21-23-25-27-29-31-33-35-37-39-40-42-44-46-48-50-52-54-56-58-60-62-64-66-68-70-72-74-76-81(84)86-79(77-82)78-85-80(83)75-73-71-69-67-65-63-61-59-57-55-53-51-49-47-45-43-41-38-36-34-32-30-28-26-24-22-20-18-16-14-12-10-8-6-4-2/h5,7,11,13,16-19,22-25,29,31,79,82H,3-4,6,8-10,12,14-15,20-21,26-28,30,32-78H2,1-2H3/b7-5-,13-11-,18-16-,19-17-,24-22-,25-23-,31-29-. The monoisotopic (exact) mass is 1200 g/mol. The smallest absolute Gasteiger partial charge is 0.306 e. The molecule has 0 aromatic rings. The zero-order valence-electron chi connectivity index (χ0n) is 57.6. The Kier molecular flexibility index (Phi) is 73.7. The molecule has 86 heavy (non-hydrogen) atoms. The zero-order chi connectivity index (χ0) is 61.9. The normalized spacial score (nSPS) is 12.6. The summed E-state index contributed by atoms with van der Waals surface area (Å²) in [5.74, 6) is -0.569. The van der Waals surface area contributed by atoms with E-state index in [9.17, 15) is 14.7 Å². The van der Waals surface area contributed by atoms with Gasteiger partial charge in [0.2, 0.25) is 0 Å². The molecule has 0 saturated heterocycles. The van der Waals surface area contributed by atoms with E-state index in [2.05, 4.69) is 98.9 Å². The maximum atomic E-state index is 12.4. The average molecular weight is 1200 g/mol. The lowest BCUT2D eigenvalue weighted by Crippen LogP contribution is -2.28. The number of esters is 2. The highest BCUT2D eigenvalue weighted by atomic mass is 16.6. The fourth-order valence-electron chi connectivity index (χ4n) is 11.5. The minimum absolute atomic E-state index is 0.0616. The predicted octanol–water partition coefficient (Wildman–Crippen LogP) is 26.8. The van der Waals surface area contributed by atoms with E-state index >= 15 is 0 Å². The highest BCUT2D eigenvalue weighted by Crippen LogP contribution is 2.19. The number of allylic oxidation sites excluding steroid dienone is 14. The summed E-state index contributed by atoms with van der Waals surface area (Å²) in [7, 11) is 0. The van der Waals surface area contributed by atoms with Gasteiger partial charge in [0.15, 0.2) is 6.10 Å². The molecule has 5 nitrogen and oxygen atoms in total. The minimum atomic E-state index is -0.773. The van der Waals surface area contributed by atoms with Gasteiger partial charge in [-0.25, -0.2) is 0 Å². The van der Waals surface area contributed by atoms with Crippen LogP contribution in [-0.4, -0.2) is 36.4 Å². The molecule has 0 fully saturated rings. The Morgan fingerprint density at radius 2 is 0.500 bits per heavy atom. The van der Waals surface area contributed by atoms with Gasteiger partial charge in [0, 0.05) is 12.8 Å². The number of carbonyl (C=O) groups is 2. The first-order chi connectivity index (χ1) is 42.6. The van der Waals surface area contributed by atoms with Crippen LogP contribution in [-0.2, 0) is 19.1 Å². The fourth-order valence-corrected chi connectivity index (χ4v) is 11.5. The molecule has 5 heteroatoms. The van der Waals surface area contributed by atoms with E-state index in [1.165, 1.54) is 295 Å². The fraction of sp³-hybridized carbons (Fsp3) is 0.802. The van der Waals surface area contributed by atoms with Gasteiger partial charge in [-0.15, -0.1) is 0 Å². The Bertz CT molecular complexity index is 1550. The summed E-state index contributed by atoms with van der Waals surface area (Å²) in [4.78, 5) is 24.7. The van der Waals surface area contributed by atoms with Gasteiger partial charge in [0.1, 0.15) is 6.61 Å². The lowest BCUT2D eigenvalue weighted by atomic mass is 10.0. The quantitative estimate of drug-likeness (QED) is 0.0373. The highest BCUT2D eigenvalue weighted by molar-refractivity contribution is 5.70. The lowest BCUT2D eigenvalue weighted by molar-refractivity contribution is -0.161. The molecule has 0 heterocycles. The number of rotatable bonds is 71. The number of unbranched alkanes of at least 4 members (excludes halogenated alkanes) is 49. The van der Waals surface area contributed by atoms with Crippen LogP contribution in [0, 0.1) is 0 Å². The van der Waals surface area contributed by atoms with E-state index in [1.54, 1.807) is 0 Å². The van der Waals surface area contributed by atoms with Crippen LogP contribution in [0.3, 0.4) is 0 Å². The van der Waals surface area contributed by atoms with Crippen molar-refractivity contribution < 1.29 is 24.2 Å². The van der Waals surface area contributed by atoms with Gasteiger partial charge in [0.25, 0.3) is 0 Å². The van der Waals surface area contributed by atoms with Gasteiger partial charge in [-0.1, -0.05) is 381 Å².